The van der Waals surface area contributed by atoms with E-state index in [1.165, 1.54) is 11.8 Å². The second-order valence-corrected chi connectivity index (χ2v) is 5.83. The Balaban J connectivity index is 1.41. The van der Waals surface area contributed by atoms with Gasteiger partial charge in [0.1, 0.15) is 5.82 Å². The van der Waals surface area contributed by atoms with E-state index in [2.05, 4.69) is 20.5 Å². The Morgan fingerprint density at radius 1 is 1.41 bits per heavy atom. The first-order valence-electron chi connectivity index (χ1n) is 6.88. The van der Waals surface area contributed by atoms with Crippen molar-refractivity contribution in [3.8, 4) is 11.5 Å². The van der Waals surface area contributed by atoms with Gasteiger partial charge in [0.05, 0.1) is 6.42 Å². The van der Waals surface area contributed by atoms with E-state index in [1.54, 1.807) is 0 Å². The van der Waals surface area contributed by atoms with Gasteiger partial charge in [0.25, 0.3) is 0 Å². The molecule has 1 amide bonds. The predicted molar refractivity (Wildman–Crippen MR) is 81.1 cm³/mol. The third-order valence-corrected chi connectivity index (χ3v) is 3.88. The third-order valence-electron chi connectivity index (χ3n) is 3.03. The Morgan fingerprint density at radius 3 is 3.09 bits per heavy atom. The second kappa shape index (κ2) is 6.69. The van der Waals surface area contributed by atoms with E-state index in [-0.39, 0.29) is 12.7 Å². The number of nitrogens with zero attached hydrogens (tertiary/aromatic N) is 2. The molecule has 8 heteroatoms. The lowest BCUT2D eigenvalue weighted by atomic mass is 10.1. The number of hydrogen-bond acceptors (Lipinski definition) is 6. The van der Waals surface area contributed by atoms with Crippen molar-refractivity contribution in [1.29, 1.82) is 0 Å². The summed E-state index contributed by atoms with van der Waals surface area (Å²) in [7, 11) is 0. The highest BCUT2D eigenvalue weighted by atomic mass is 32.2. The third kappa shape index (κ3) is 3.70. The van der Waals surface area contributed by atoms with Crippen LogP contribution in [-0.2, 0) is 11.2 Å². The van der Waals surface area contributed by atoms with Crippen molar-refractivity contribution in [2.75, 3.05) is 19.1 Å². The molecule has 0 unspecified atom stereocenters. The van der Waals surface area contributed by atoms with Crippen molar-refractivity contribution < 1.29 is 14.3 Å². The Bertz CT molecular complexity index is 674. The zero-order valence-electron chi connectivity index (χ0n) is 12.1. The largest absolute Gasteiger partial charge is 0.454 e. The van der Waals surface area contributed by atoms with Gasteiger partial charge < -0.3 is 14.8 Å². The molecule has 0 radical (unpaired) electrons. The maximum absolute atomic E-state index is 11.9. The molecule has 0 fully saturated rings. The molecular formula is C14H16N4O3S. The fraction of sp³-hybridized carbons (Fsp3) is 0.357. The number of rotatable bonds is 6. The smallest absolute Gasteiger partial charge is 0.231 e. The van der Waals surface area contributed by atoms with E-state index in [0.29, 0.717) is 23.9 Å². The molecule has 2 heterocycles. The highest BCUT2D eigenvalue weighted by Crippen LogP contribution is 2.32. The quantitative estimate of drug-likeness (QED) is 0.616. The number of aromatic nitrogens is 3. The fourth-order valence-corrected chi connectivity index (χ4v) is 2.72. The van der Waals surface area contributed by atoms with Gasteiger partial charge in [0, 0.05) is 12.3 Å². The van der Waals surface area contributed by atoms with Gasteiger partial charge in [-0.25, -0.2) is 4.98 Å². The molecule has 2 N–H and O–H groups in total. The Kier molecular flexibility index (Phi) is 4.47. The normalized spacial score (nSPS) is 12.4. The van der Waals surface area contributed by atoms with Crippen LogP contribution >= 0.6 is 11.8 Å². The second-order valence-electron chi connectivity index (χ2n) is 4.77. The van der Waals surface area contributed by atoms with Crippen molar-refractivity contribution >= 4 is 17.7 Å². The summed E-state index contributed by atoms with van der Waals surface area (Å²) in [6.07, 6.45) is 0.321. The van der Waals surface area contributed by atoms with Gasteiger partial charge in [0.15, 0.2) is 11.5 Å². The van der Waals surface area contributed by atoms with Crippen LogP contribution in [0.3, 0.4) is 0 Å². The lowest BCUT2D eigenvalue weighted by molar-refractivity contribution is -0.120. The Labute approximate surface area is 131 Å². The number of nitrogens with one attached hydrogen (secondary N) is 2. The maximum Gasteiger partial charge on any atom is 0.231 e. The van der Waals surface area contributed by atoms with Gasteiger partial charge in [-0.15, -0.1) is 5.10 Å². The summed E-state index contributed by atoms with van der Waals surface area (Å²) in [5.74, 6) is 2.91. The molecular weight excluding hydrogens is 304 g/mol. The molecule has 116 valence electrons. The lowest BCUT2D eigenvalue weighted by Crippen LogP contribution is -2.27. The summed E-state index contributed by atoms with van der Waals surface area (Å²) < 4.78 is 10.5. The minimum absolute atomic E-state index is 0.0226. The molecule has 2 aromatic rings. The number of carbonyl (C=O) groups excluding carboxylic acids is 1. The zero-order valence-corrected chi connectivity index (χ0v) is 12.9. The summed E-state index contributed by atoms with van der Waals surface area (Å²) in [5, 5.41) is 10.4. The number of benzene rings is 1. The predicted octanol–water partition coefficient (Wildman–Crippen LogP) is 1.29. The Morgan fingerprint density at radius 2 is 2.27 bits per heavy atom. The molecule has 0 atom stereocenters. The number of carbonyl (C=O) groups is 1. The van der Waals surface area contributed by atoms with Gasteiger partial charge in [0.2, 0.25) is 17.9 Å². The topological polar surface area (TPSA) is 89.1 Å². The number of thioether (sulfide) groups is 1. The van der Waals surface area contributed by atoms with Gasteiger partial charge >= 0.3 is 0 Å². The molecule has 1 aliphatic rings. The monoisotopic (exact) mass is 320 g/mol. The van der Waals surface area contributed by atoms with Crippen molar-refractivity contribution in [2.24, 2.45) is 0 Å². The van der Waals surface area contributed by atoms with E-state index in [9.17, 15) is 4.79 Å². The highest BCUT2D eigenvalue weighted by molar-refractivity contribution is 7.99. The number of aryl methyl sites for hydroxylation is 1. The first-order chi connectivity index (χ1) is 10.7. The zero-order chi connectivity index (χ0) is 15.4. The molecule has 1 aromatic carbocycles. The lowest BCUT2D eigenvalue weighted by Gasteiger charge is -2.05. The first kappa shape index (κ1) is 14.7. The number of fused-ring (bicyclic) bond motifs is 1. The van der Waals surface area contributed by atoms with Crippen LogP contribution in [0.5, 0.6) is 11.5 Å². The van der Waals surface area contributed by atoms with Crippen LogP contribution in [0.4, 0.5) is 0 Å². The maximum atomic E-state index is 11.9. The number of amides is 1. The van der Waals surface area contributed by atoms with E-state index in [4.69, 9.17) is 9.47 Å². The molecule has 7 nitrogen and oxygen atoms in total. The molecule has 0 saturated heterocycles. The molecule has 3 rings (SSSR count). The SMILES string of the molecule is Cc1nc(SCCNC(=O)Cc2ccc3c(c2)OCO3)n[nH]1. The molecule has 0 saturated carbocycles. The minimum Gasteiger partial charge on any atom is -0.454 e. The van der Waals surface area contributed by atoms with Crippen molar-refractivity contribution in [2.45, 2.75) is 18.5 Å². The number of aromatic amines is 1. The summed E-state index contributed by atoms with van der Waals surface area (Å²) >= 11 is 1.50. The van der Waals surface area contributed by atoms with Crippen LogP contribution in [-0.4, -0.2) is 40.2 Å². The number of H-pyrrole nitrogens is 1. The summed E-state index contributed by atoms with van der Waals surface area (Å²) in [6, 6.07) is 5.54. The van der Waals surface area contributed by atoms with Crippen molar-refractivity contribution in [3.63, 3.8) is 0 Å². The van der Waals surface area contributed by atoms with Crippen molar-refractivity contribution in [1.82, 2.24) is 20.5 Å². The van der Waals surface area contributed by atoms with E-state index in [0.717, 1.165) is 22.9 Å². The molecule has 0 aliphatic carbocycles. The van der Waals surface area contributed by atoms with Crippen LogP contribution in [0.25, 0.3) is 0 Å². The van der Waals surface area contributed by atoms with Gasteiger partial charge in [-0.3, -0.25) is 9.89 Å². The van der Waals surface area contributed by atoms with Gasteiger partial charge in [-0.2, -0.15) is 0 Å². The number of ether oxygens (including phenoxy) is 2. The molecule has 0 bridgehead atoms. The molecule has 22 heavy (non-hydrogen) atoms. The van der Waals surface area contributed by atoms with Crippen LogP contribution < -0.4 is 14.8 Å². The molecule has 0 spiro atoms. The summed E-state index contributed by atoms with van der Waals surface area (Å²) in [5.41, 5.74) is 0.902. The van der Waals surface area contributed by atoms with Gasteiger partial charge in [-0.1, -0.05) is 17.8 Å². The van der Waals surface area contributed by atoms with Crippen molar-refractivity contribution in [3.05, 3.63) is 29.6 Å². The molecule has 1 aromatic heterocycles. The van der Waals surface area contributed by atoms with E-state index >= 15 is 0 Å². The number of hydrogen-bond donors (Lipinski definition) is 2. The van der Waals surface area contributed by atoms with E-state index < -0.39 is 0 Å². The van der Waals surface area contributed by atoms with Crippen LogP contribution in [0.15, 0.2) is 23.4 Å². The first-order valence-corrected chi connectivity index (χ1v) is 7.86. The molecule has 1 aliphatic heterocycles. The van der Waals surface area contributed by atoms with E-state index in [1.807, 2.05) is 25.1 Å². The average molecular weight is 320 g/mol. The summed E-state index contributed by atoms with van der Waals surface area (Å²) in [6.45, 7) is 2.66. The highest BCUT2D eigenvalue weighted by Gasteiger charge is 2.14. The van der Waals surface area contributed by atoms with Crippen LogP contribution in [0.1, 0.15) is 11.4 Å². The van der Waals surface area contributed by atoms with Crippen LogP contribution in [0.2, 0.25) is 0 Å². The Hall–Kier alpha value is -2.22. The summed E-state index contributed by atoms with van der Waals surface area (Å²) in [4.78, 5) is 16.1. The average Bonchev–Trinajstić information content (AvgIpc) is 3.12. The fourth-order valence-electron chi connectivity index (χ4n) is 2.02. The van der Waals surface area contributed by atoms with Gasteiger partial charge in [-0.05, 0) is 24.6 Å². The van der Waals surface area contributed by atoms with Crippen LogP contribution in [0, 0.1) is 6.92 Å². The standard InChI is InChI=1S/C14H16N4O3S/c1-9-16-14(18-17-9)22-5-4-15-13(19)7-10-2-3-11-12(6-10)21-8-20-11/h2-3,6H,4-5,7-8H2,1H3,(H,15,19)(H,16,17,18). The minimum atomic E-state index is -0.0226.